The maximum atomic E-state index is 11.1. The van der Waals surface area contributed by atoms with Crippen molar-refractivity contribution in [1.29, 1.82) is 5.26 Å². The van der Waals surface area contributed by atoms with E-state index in [1.165, 1.54) is 24.4 Å². The SMILES string of the molecule is CCn1c(-c2ccc(C=C3SC(SC)=C(SC)S3)cc2)ccc1-c1ccc(/C=C(/C#N)C(=O)O)cc1. The maximum Gasteiger partial charge on any atom is 0.346 e. The van der Waals surface area contributed by atoms with Crippen LogP contribution in [0.4, 0.5) is 0 Å². The van der Waals surface area contributed by atoms with E-state index in [4.69, 9.17) is 10.4 Å². The second-order valence-corrected chi connectivity index (χ2v) is 12.2. The van der Waals surface area contributed by atoms with Gasteiger partial charge in [-0.15, -0.1) is 23.5 Å². The molecule has 2 heterocycles. The van der Waals surface area contributed by atoms with Crippen LogP contribution in [0.25, 0.3) is 34.7 Å². The van der Waals surface area contributed by atoms with Gasteiger partial charge in [-0.25, -0.2) is 4.79 Å². The molecule has 4 rings (SSSR count). The Hall–Kier alpha value is -2.70. The molecule has 0 saturated heterocycles. The first-order valence-corrected chi connectivity index (χ1v) is 15.2. The zero-order valence-electron chi connectivity index (χ0n) is 20.0. The highest BCUT2D eigenvalue weighted by molar-refractivity contribution is 8.40. The monoisotopic (exact) mass is 548 g/mol. The number of hydrogen-bond acceptors (Lipinski definition) is 6. The number of aromatic nitrogens is 1. The van der Waals surface area contributed by atoms with Crippen molar-refractivity contribution in [3.8, 4) is 28.6 Å². The molecule has 0 bridgehead atoms. The molecule has 0 aliphatic carbocycles. The van der Waals surface area contributed by atoms with Crippen LogP contribution in [0.5, 0.6) is 0 Å². The van der Waals surface area contributed by atoms with Gasteiger partial charge >= 0.3 is 5.97 Å². The Bertz CT molecular complexity index is 1390. The minimum atomic E-state index is -1.22. The van der Waals surface area contributed by atoms with Gasteiger partial charge < -0.3 is 9.67 Å². The zero-order valence-corrected chi connectivity index (χ0v) is 23.3. The van der Waals surface area contributed by atoms with Crippen LogP contribution in [0, 0.1) is 11.3 Å². The van der Waals surface area contributed by atoms with Crippen LogP contribution in [0.2, 0.25) is 0 Å². The first kappa shape index (κ1) is 26.4. The van der Waals surface area contributed by atoms with Crippen molar-refractivity contribution in [2.24, 2.45) is 0 Å². The molecule has 4 nitrogen and oxygen atoms in total. The molecule has 0 atom stereocenters. The number of nitriles is 1. The first-order chi connectivity index (χ1) is 17.5. The lowest BCUT2D eigenvalue weighted by Gasteiger charge is -2.12. The molecule has 0 spiro atoms. The average molecular weight is 549 g/mol. The van der Waals surface area contributed by atoms with Gasteiger partial charge in [-0.3, -0.25) is 0 Å². The van der Waals surface area contributed by atoms with Crippen molar-refractivity contribution >= 4 is 65.2 Å². The fourth-order valence-corrected chi connectivity index (χ4v) is 8.80. The molecule has 36 heavy (non-hydrogen) atoms. The Balaban J connectivity index is 1.56. The number of rotatable bonds is 8. The van der Waals surface area contributed by atoms with Gasteiger partial charge in [0.25, 0.3) is 0 Å². The molecule has 0 fully saturated rings. The van der Waals surface area contributed by atoms with Gasteiger partial charge in [0.15, 0.2) is 0 Å². The largest absolute Gasteiger partial charge is 0.477 e. The Morgan fingerprint density at radius 3 is 1.83 bits per heavy atom. The molecular formula is C28H24N2O2S4. The lowest BCUT2D eigenvalue weighted by molar-refractivity contribution is -0.132. The van der Waals surface area contributed by atoms with Gasteiger partial charge in [0, 0.05) is 17.9 Å². The summed E-state index contributed by atoms with van der Waals surface area (Å²) in [5, 5.41) is 18.1. The molecule has 8 heteroatoms. The van der Waals surface area contributed by atoms with E-state index in [1.807, 2.05) is 71.3 Å². The molecule has 1 aliphatic rings. The molecule has 0 unspecified atom stereocenters. The quantitative estimate of drug-likeness (QED) is 0.224. The van der Waals surface area contributed by atoms with Crippen LogP contribution in [-0.4, -0.2) is 28.2 Å². The van der Waals surface area contributed by atoms with Crippen molar-refractivity contribution in [2.75, 3.05) is 12.5 Å². The van der Waals surface area contributed by atoms with Crippen LogP contribution in [0.3, 0.4) is 0 Å². The number of benzene rings is 2. The minimum Gasteiger partial charge on any atom is -0.477 e. The van der Waals surface area contributed by atoms with E-state index >= 15 is 0 Å². The highest BCUT2D eigenvalue weighted by Crippen LogP contribution is 2.56. The second kappa shape index (κ2) is 12.0. The highest BCUT2D eigenvalue weighted by Gasteiger charge is 2.20. The van der Waals surface area contributed by atoms with E-state index in [2.05, 4.69) is 66.5 Å². The number of thioether (sulfide) groups is 4. The smallest absolute Gasteiger partial charge is 0.346 e. The normalized spacial score (nSPS) is 13.7. The van der Waals surface area contributed by atoms with Crippen LogP contribution >= 0.6 is 47.0 Å². The van der Waals surface area contributed by atoms with E-state index in [9.17, 15) is 4.79 Å². The molecule has 0 radical (unpaired) electrons. The molecule has 3 aromatic rings. The number of carboxylic acids is 1. The van der Waals surface area contributed by atoms with Gasteiger partial charge in [0.1, 0.15) is 11.6 Å². The van der Waals surface area contributed by atoms with Crippen LogP contribution < -0.4 is 0 Å². The summed E-state index contributed by atoms with van der Waals surface area (Å²) in [5.74, 6) is -1.22. The van der Waals surface area contributed by atoms with Gasteiger partial charge in [-0.05, 0) is 66.0 Å². The summed E-state index contributed by atoms with van der Waals surface area (Å²) in [6.45, 7) is 2.94. The van der Waals surface area contributed by atoms with Crippen LogP contribution in [0.15, 0.2) is 78.9 Å². The summed E-state index contributed by atoms with van der Waals surface area (Å²) in [4.78, 5) is 11.1. The average Bonchev–Trinajstić information content (AvgIpc) is 3.51. The van der Waals surface area contributed by atoms with E-state index in [1.54, 1.807) is 6.07 Å². The molecule has 1 aliphatic heterocycles. The molecule has 182 valence electrons. The van der Waals surface area contributed by atoms with Gasteiger partial charge in [-0.2, -0.15) is 5.26 Å². The van der Waals surface area contributed by atoms with E-state index in [0.29, 0.717) is 5.56 Å². The number of carboxylic acid groups (broad SMARTS) is 1. The standard InChI is InChI=1S/C28H24N2O2S4/c1-4-30-23(20-9-5-18(6-10-20)15-22(17-29)26(31)32)13-14-24(30)21-11-7-19(8-12-21)16-25-35-27(33-2)28(34-3)36-25/h5-16H,4H2,1-3H3,(H,31,32)/b22-15-. The highest BCUT2D eigenvalue weighted by atomic mass is 32.3. The summed E-state index contributed by atoms with van der Waals surface area (Å²) in [7, 11) is 0. The summed E-state index contributed by atoms with van der Waals surface area (Å²) < 4.78 is 6.33. The predicted octanol–water partition coefficient (Wildman–Crippen LogP) is 8.46. The summed E-state index contributed by atoms with van der Waals surface area (Å²) in [6, 6.07) is 22.2. The van der Waals surface area contributed by atoms with E-state index < -0.39 is 5.97 Å². The number of nitrogens with zero attached hydrogens (tertiary/aromatic N) is 2. The molecule has 0 saturated carbocycles. The molecule has 1 aromatic heterocycles. The number of hydrogen-bond donors (Lipinski definition) is 1. The van der Waals surface area contributed by atoms with Crippen molar-refractivity contribution in [3.63, 3.8) is 0 Å². The maximum absolute atomic E-state index is 11.1. The third-order valence-corrected chi connectivity index (χ3v) is 10.7. The molecule has 1 N–H and O–H groups in total. The summed E-state index contributed by atoms with van der Waals surface area (Å²) in [5.41, 5.74) is 6.02. The Labute approximate surface area is 228 Å². The second-order valence-electron chi connectivity index (χ2n) is 7.72. The number of aliphatic carboxylic acids is 1. The minimum absolute atomic E-state index is 0.281. The van der Waals surface area contributed by atoms with Crippen molar-refractivity contribution in [3.05, 3.63) is 90.1 Å². The van der Waals surface area contributed by atoms with Crippen LogP contribution in [-0.2, 0) is 11.3 Å². The zero-order chi connectivity index (χ0) is 25.7. The van der Waals surface area contributed by atoms with Gasteiger partial charge in [0.2, 0.25) is 0 Å². The lowest BCUT2D eigenvalue weighted by Crippen LogP contribution is -1.99. The lowest BCUT2D eigenvalue weighted by atomic mass is 10.1. The third-order valence-electron chi connectivity index (χ3n) is 5.58. The van der Waals surface area contributed by atoms with Crippen LogP contribution in [0.1, 0.15) is 18.1 Å². The van der Waals surface area contributed by atoms with E-state index in [0.717, 1.165) is 29.1 Å². The summed E-state index contributed by atoms with van der Waals surface area (Å²) in [6.07, 6.45) is 7.89. The number of carbonyl (C=O) groups is 1. The molecule has 0 amide bonds. The molecular weight excluding hydrogens is 525 g/mol. The summed E-state index contributed by atoms with van der Waals surface area (Å²) >= 11 is 7.31. The third kappa shape index (κ3) is 5.81. The fraction of sp³-hybridized carbons (Fsp3) is 0.143. The van der Waals surface area contributed by atoms with Gasteiger partial charge in [0.05, 0.1) is 12.7 Å². The van der Waals surface area contributed by atoms with E-state index in [-0.39, 0.29) is 5.57 Å². The fourth-order valence-electron chi connectivity index (χ4n) is 3.85. The first-order valence-electron chi connectivity index (χ1n) is 11.1. The Kier molecular flexibility index (Phi) is 8.81. The Morgan fingerprint density at radius 1 is 0.917 bits per heavy atom. The predicted molar refractivity (Wildman–Crippen MR) is 159 cm³/mol. The topological polar surface area (TPSA) is 66.0 Å². The van der Waals surface area contributed by atoms with Crippen molar-refractivity contribution < 1.29 is 9.90 Å². The van der Waals surface area contributed by atoms with Gasteiger partial charge in [-0.1, -0.05) is 72.1 Å². The molecule has 2 aromatic carbocycles. The van der Waals surface area contributed by atoms with Crippen molar-refractivity contribution in [2.45, 2.75) is 13.5 Å². The van der Waals surface area contributed by atoms with Crippen molar-refractivity contribution in [1.82, 2.24) is 4.57 Å². The Morgan fingerprint density at radius 2 is 1.42 bits per heavy atom.